The predicted molar refractivity (Wildman–Crippen MR) is 113 cm³/mol. The maximum atomic E-state index is 13.5. The zero-order valence-corrected chi connectivity index (χ0v) is 16.5. The second kappa shape index (κ2) is 7.07. The molecule has 0 radical (unpaired) electrons. The Morgan fingerprint density at radius 3 is 2.70 bits per heavy atom. The van der Waals surface area contributed by atoms with E-state index in [2.05, 4.69) is 20.1 Å². The molecule has 5 aromatic rings. The first-order valence-electron chi connectivity index (χ1n) is 9.44. The molecule has 0 unspecified atom stereocenters. The van der Waals surface area contributed by atoms with Gasteiger partial charge < -0.3 is 9.30 Å². The van der Waals surface area contributed by atoms with Gasteiger partial charge in [-0.15, -0.1) is 5.10 Å². The molecule has 0 saturated carbocycles. The third-order valence-electron chi connectivity index (χ3n) is 4.95. The molecule has 0 amide bonds. The van der Waals surface area contributed by atoms with Crippen molar-refractivity contribution in [1.82, 2.24) is 29.1 Å². The zero-order chi connectivity index (χ0) is 20.7. The van der Waals surface area contributed by atoms with E-state index in [0.717, 1.165) is 11.1 Å². The van der Waals surface area contributed by atoms with E-state index in [1.165, 1.54) is 0 Å². The van der Waals surface area contributed by atoms with Crippen LogP contribution in [0.15, 0.2) is 65.8 Å². The number of aromatic nitrogens is 6. The number of aryl methyl sites for hydroxylation is 1. The van der Waals surface area contributed by atoms with Crippen molar-refractivity contribution >= 4 is 16.7 Å². The quantitative estimate of drug-likeness (QED) is 0.463. The van der Waals surface area contributed by atoms with Gasteiger partial charge in [0.1, 0.15) is 11.6 Å². The largest absolute Gasteiger partial charge is 0.497 e. The Balaban J connectivity index is 1.83. The van der Waals surface area contributed by atoms with Gasteiger partial charge in [-0.1, -0.05) is 12.1 Å². The highest BCUT2D eigenvalue weighted by atomic mass is 16.5. The number of nitrogens with zero attached hydrogens (tertiary/aromatic N) is 6. The summed E-state index contributed by atoms with van der Waals surface area (Å²) < 4.78 is 8.68. The molecule has 0 fully saturated rings. The molecule has 0 bridgehead atoms. The molecule has 0 spiro atoms. The van der Waals surface area contributed by atoms with Gasteiger partial charge in [-0.25, -0.2) is 4.98 Å². The average Bonchev–Trinajstić information content (AvgIpc) is 3.14. The van der Waals surface area contributed by atoms with Gasteiger partial charge in [0.15, 0.2) is 0 Å². The summed E-state index contributed by atoms with van der Waals surface area (Å²) in [5.74, 6) is 1.72. The molecule has 1 aromatic carbocycles. The van der Waals surface area contributed by atoms with Crippen molar-refractivity contribution in [3.63, 3.8) is 0 Å². The molecule has 0 atom stereocenters. The van der Waals surface area contributed by atoms with E-state index in [-0.39, 0.29) is 5.56 Å². The third-order valence-corrected chi connectivity index (χ3v) is 4.95. The molecule has 5 rings (SSSR count). The van der Waals surface area contributed by atoms with Crippen molar-refractivity contribution in [1.29, 1.82) is 0 Å². The summed E-state index contributed by atoms with van der Waals surface area (Å²) in [4.78, 5) is 26.6. The maximum Gasteiger partial charge on any atom is 0.262 e. The van der Waals surface area contributed by atoms with Crippen LogP contribution in [0.25, 0.3) is 27.9 Å². The number of hydrogen-bond acceptors (Lipinski definition) is 6. The summed E-state index contributed by atoms with van der Waals surface area (Å²) >= 11 is 0. The Bertz CT molecular complexity index is 1440. The van der Waals surface area contributed by atoms with Crippen molar-refractivity contribution in [3.8, 4) is 17.0 Å². The highest BCUT2D eigenvalue weighted by Crippen LogP contribution is 2.28. The molecule has 4 aromatic heterocycles. The lowest BCUT2D eigenvalue weighted by atomic mass is 10.1. The van der Waals surface area contributed by atoms with E-state index in [1.807, 2.05) is 42.5 Å². The van der Waals surface area contributed by atoms with Crippen LogP contribution in [-0.4, -0.2) is 36.2 Å². The van der Waals surface area contributed by atoms with Gasteiger partial charge in [-0.2, -0.15) is 9.50 Å². The van der Waals surface area contributed by atoms with Crippen molar-refractivity contribution < 1.29 is 4.74 Å². The number of pyridine rings is 2. The molecular weight excluding hydrogens is 380 g/mol. The maximum absolute atomic E-state index is 13.5. The molecule has 0 saturated heterocycles. The lowest BCUT2D eigenvalue weighted by molar-refractivity contribution is 0.415. The highest BCUT2D eigenvalue weighted by molar-refractivity contribution is 5.93. The van der Waals surface area contributed by atoms with Crippen LogP contribution in [0.3, 0.4) is 0 Å². The molecule has 0 aliphatic rings. The van der Waals surface area contributed by atoms with Gasteiger partial charge >= 0.3 is 0 Å². The van der Waals surface area contributed by atoms with E-state index in [1.54, 1.807) is 41.7 Å². The van der Waals surface area contributed by atoms with Crippen LogP contribution >= 0.6 is 0 Å². The van der Waals surface area contributed by atoms with Crippen LogP contribution < -0.4 is 10.3 Å². The van der Waals surface area contributed by atoms with Gasteiger partial charge in [0, 0.05) is 24.2 Å². The number of ether oxygens (including phenoxy) is 1. The molecule has 0 N–H and O–H groups in total. The first kappa shape index (κ1) is 18.0. The summed E-state index contributed by atoms with van der Waals surface area (Å²) in [6.45, 7) is 2.24. The van der Waals surface area contributed by atoms with Gasteiger partial charge in [0.05, 0.1) is 30.3 Å². The molecule has 30 heavy (non-hydrogen) atoms. The molecule has 0 aliphatic heterocycles. The van der Waals surface area contributed by atoms with Crippen LogP contribution in [-0.2, 0) is 6.54 Å². The number of fused-ring (bicyclic) bond motifs is 2. The number of hydrogen-bond donors (Lipinski definition) is 0. The molecule has 8 heteroatoms. The van der Waals surface area contributed by atoms with Crippen LogP contribution in [0.4, 0.5) is 0 Å². The Kier molecular flexibility index (Phi) is 4.24. The topological polar surface area (TPSA) is 87.2 Å². The standard InChI is InChI=1S/C22H18N6O2/c1-14-24-22-25-18-8-11-27(13-15-6-9-23-10-7-15)21(29)19(18)20(28(22)26-14)16-4-3-5-17(12-16)30-2/h3-12H,13H2,1-2H3. The molecule has 4 heterocycles. The molecule has 8 nitrogen and oxygen atoms in total. The van der Waals surface area contributed by atoms with Gasteiger partial charge in [0.25, 0.3) is 11.3 Å². The Morgan fingerprint density at radius 1 is 1.07 bits per heavy atom. The van der Waals surface area contributed by atoms with Crippen molar-refractivity contribution in [3.05, 3.63) is 82.8 Å². The van der Waals surface area contributed by atoms with Crippen molar-refractivity contribution in [2.24, 2.45) is 0 Å². The average molecular weight is 398 g/mol. The summed E-state index contributed by atoms with van der Waals surface area (Å²) in [7, 11) is 1.61. The summed E-state index contributed by atoms with van der Waals surface area (Å²) in [6, 6.07) is 13.2. The minimum atomic E-state index is -0.148. The Labute approximate surface area is 171 Å². The number of methoxy groups -OCH3 is 1. The second-order valence-corrected chi connectivity index (χ2v) is 6.93. The van der Waals surface area contributed by atoms with Crippen LogP contribution in [0.5, 0.6) is 5.75 Å². The van der Waals surface area contributed by atoms with E-state index < -0.39 is 0 Å². The fourth-order valence-corrected chi connectivity index (χ4v) is 3.57. The Hall–Kier alpha value is -4.07. The van der Waals surface area contributed by atoms with E-state index in [9.17, 15) is 4.79 Å². The fourth-order valence-electron chi connectivity index (χ4n) is 3.57. The lowest BCUT2D eigenvalue weighted by Crippen LogP contribution is -2.22. The van der Waals surface area contributed by atoms with E-state index in [4.69, 9.17) is 4.74 Å². The fraction of sp³-hybridized carbons (Fsp3) is 0.136. The van der Waals surface area contributed by atoms with Gasteiger partial charge in [-0.3, -0.25) is 9.78 Å². The minimum absolute atomic E-state index is 0.148. The minimum Gasteiger partial charge on any atom is -0.497 e. The highest BCUT2D eigenvalue weighted by Gasteiger charge is 2.18. The van der Waals surface area contributed by atoms with Crippen LogP contribution in [0, 0.1) is 6.92 Å². The SMILES string of the molecule is COc1cccc(-c2c3c(=O)n(Cc4ccncc4)ccc3nc3nc(C)nn23)c1. The number of benzene rings is 1. The third kappa shape index (κ3) is 2.98. The second-order valence-electron chi connectivity index (χ2n) is 6.93. The Morgan fingerprint density at radius 2 is 1.90 bits per heavy atom. The zero-order valence-electron chi connectivity index (χ0n) is 16.5. The van der Waals surface area contributed by atoms with Crippen molar-refractivity contribution in [2.45, 2.75) is 13.5 Å². The molecule has 0 aliphatic carbocycles. The summed E-state index contributed by atoms with van der Waals surface area (Å²) in [6.07, 6.45) is 5.19. The summed E-state index contributed by atoms with van der Waals surface area (Å²) in [5.41, 5.74) is 2.85. The summed E-state index contributed by atoms with van der Waals surface area (Å²) in [5, 5.41) is 4.98. The predicted octanol–water partition coefficient (Wildman–Crippen LogP) is 2.87. The van der Waals surface area contributed by atoms with Gasteiger partial charge in [0.2, 0.25) is 0 Å². The monoisotopic (exact) mass is 398 g/mol. The first-order valence-corrected chi connectivity index (χ1v) is 9.44. The normalized spacial score (nSPS) is 11.3. The molecule has 148 valence electrons. The van der Waals surface area contributed by atoms with Crippen molar-refractivity contribution in [2.75, 3.05) is 7.11 Å². The van der Waals surface area contributed by atoms with Gasteiger partial charge in [-0.05, 0) is 42.8 Å². The van der Waals surface area contributed by atoms with Crippen LogP contribution in [0.2, 0.25) is 0 Å². The van der Waals surface area contributed by atoms with Crippen LogP contribution in [0.1, 0.15) is 11.4 Å². The van der Waals surface area contributed by atoms with E-state index >= 15 is 0 Å². The lowest BCUT2D eigenvalue weighted by Gasteiger charge is -2.12. The molecular formula is C22H18N6O2. The van der Waals surface area contributed by atoms with E-state index in [0.29, 0.717) is 40.5 Å². The first-order chi connectivity index (χ1) is 14.6. The smallest absolute Gasteiger partial charge is 0.262 e. The number of rotatable bonds is 4.